The van der Waals surface area contributed by atoms with Gasteiger partial charge in [0.1, 0.15) is 5.01 Å². The van der Waals surface area contributed by atoms with Crippen molar-refractivity contribution in [2.75, 3.05) is 26.2 Å². The lowest BCUT2D eigenvalue weighted by molar-refractivity contribution is 0.185. The quantitative estimate of drug-likeness (QED) is 0.802. The van der Waals surface area contributed by atoms with Crippen LogP contribution in [0.5, 0.6) is 0 Å². The Labute approximate surface area is 89.1 Å². The summed E-state index contributed by atoms with van der Waals surface area (Å²) in [4.78, 5) is 8.25. The van der Waals surface area contributed by atoms with Crippen LogP contribution in [0.1, 0.15) is 22.9 Å². The Hall–Kier alpha value is -0.450. The van der Waals surface area contributed by atoms with Gasteiger partial charge in [-0.05, 0) is 13.8 Å². The molecule has 4 heteroatoms. The summed E-state index contributed by atoms with van der Waals surface area (Å²) in [6.45, 7) is 8.86. The van der Waals surface area contributed by atoms with Crippen molar-refractivity contribution in [3.8, 4) is 0 Å². The van der Waals surface area contributed by atoms with Gasteiger partial charge in [-0.1, -0.05) is 0 Å². The van der Waals surface area contributed by atoms with Crippen molar-refractivity contribution in [1.29, 1.82) is 0 Å². The van der Waals surface area contributed by atoms with Crippen molar-refractivity contribution in [3.63, 3.8) is 0 Å². The van der Waals surface area contributed by atoms with Crippen molar-refractivity contribution in [2.45, 2.75) is 19.9 Å². The minimum absolute atomic E-state index is 0.482. The number of nitrogens with one attached hydrogen (secondary N) is 1. The fourth-order valence-electron chi connectivity index (χ4n) is 1.79. The van der Waals surface area contributed by atoms with E-state index in [0.29, 0.717) is 6.04 Å². The van der Waals surface area contributed by atoms with Crippen LogP contribution in [0, 0.1) is 6.92 Å². The standard InChI is InChI=1S/C10H17N3S/c1-8-7-12-10(14-8)9(2)13-5-3-11-4-6-13/h7,9,11H,3-6H2,1-2H3/t9-/m1/s1. The molecule has 0 bridgehead atoms. The van der Waals surface area contributed by atoms with Gasteiger partial charge in [0.2, 0.25) is 0 Å². The molecule has 0 radical (unpaired) electrons. The number of hydrogen-bond acceptors (Lipinski definition) is 4. The van der Waals surface area contributed by atoms with Crippen LogP contribution < -0.4 is 5.32 Å². The fourth-order valence-corrected chi connectivity index (χ4v) is 2.65. The van der Waals surface area contributed by atoms with Gasteiger partial charge < -0.3 is 5.32 Å². The minimum atomic E-state index is 0.482. The number of rotatable bonds is 2. The molecule has 3 nitrogen and oxygen atoms in total. The van der Waals surface area contributed by atoms with Crippen LogP contribution in [-0.2, 0) is 0 Å². The maximum atomic E-state index is 4.45. The van der Waals surface area contributed by atoms with Crippen molar-refractivity contribution in [3.05, 3.63) is 16.1 Å². The molecule has 1 atom stereocenters. The van der Waals surface area contributed by atoms with Crippen LogP contribution >= 0.6 is 11.3 Å². The molecule has 1 aromatic heterocycles. The number of aryl methyl sites for hydroxylation is 1. The third-order valence-corrected chi connectivity index (χ3v) is 3.78. The van der Waals surface area contributed by atoms with Gasteiger partial charge >= 0.3 is 0 Å². The summed E-state index contributed by atoms with van der Waals surface area (Å²) in [5.74, 6) is 0. The zero-order chi connectivity index (χ0) is 9.97. The van der Waals surface area contributed by atoms with Crippen LogP contribution in [0.2, 0.25) is 0 Å². The van der Waals surface area contributed by atoms with Crippen LogP contribution in [0.25, 0.3) is 0 Å². The Morgan fingerprint density at radius 1 is 1.50 bits per heavy atom. The van der Waals surface area contributed by atoms with Crippen molar-refractivity contribution < 1.29 is 0 Å². The molecule has 0 spiro atoms. The zero-order valence-electron chi connectivity index (χ0n) is 8.79. The molecule has 1 aliphatic heterocycles. The molecule has 1 N–H and O–H groups in total. The van der Waals surface area contributed by atoms with E-state index in [0.717, 1.165) is 26.2 Å². The molecule has 14 heavy (non-hydrogen) atoms. The topological polar surface area (TPSA) is 28.2 Å². The maximum absolute atomic E-state index is 4.45. The third-order valence-electron chi connectivity index (χ3n) is 2.70. The Kier molecular flexibility index (Phi) is 3.15. The minimum Gasteiger partial charge on any atom is -0.314 e. The number of thiazole rings is 1. The Morgan fingerprint density at radius 2 is 2.21 bits per heavy atom. The number of hydrogen-bond donors (Lipinski definition) is 1. The normalized spacial score (nSPS) is 21.0. The third kappa shape index (κ3) is 2.13. The molecule has 0 unspecified atom stereocenters. The summed E-state index contributed by atoms with van der Waals surface area (Å²) in [5.41, 5.74) is 0. The van der Waals surface area contributed by atoms with Gasteiger partial charge in [-0.15, -0.1) is 11.3 Å². The molecule has 2 heterocycles. The highest BCUT2D eigenvalue weighted by molar-refractivity contribution is 7.11. The summed E-state index contributed by atoms with van der Waals surface area (Å²) >= 11 is 1.82. The lowest BCUT2D eigenvalue weighted by Crippen LogP contribution is -2.44. The summed E-state index contributed by atoms with van der Waals surface area (Å²) in [6, 6.07) is 0.482. The molecule has 0 amide bonds. The SMILES string of the molecule is Cc1cnc([C@@H](C)N2CCNCC2)s1. The Morgan fingerprint density at radius 3 is 2.79 bits per heavy atom. The van der Waals surface area contributed by atoms with Gasteiger partial charge in [0.05, 0.1) is 6.04 Å². The van der Waals surface area contributed by atoms with Gasteiger partial charge in [0, 0.05) is 37.3 Å². The predicted molar refractivity (Wildman–Crippen MR) is 59.7 cm³/mol. The lowest BCUT2D eigenvalue weighted by atomic mass is 10.2. The first-order chi connectivity index (χ1) is 6.77. The second-order valence-electron chi connectivity index (χ2n) is 3.77. The average Bonchev–Trinajstić information content (AvgIpc) is 2.65. The molecular weight excluding hydrogens is 194 g/mol. The second kappa shape index (κ2) is 4.38. The average molecular weight is 211 g/mol. The lowest BCUT2D eigenvalue weighted by Gasteiger charge is -2.31. The highest BCUT2D eigenvalue weighted by Gasteiger charge is 2.19. The monoisotopic (exact) mass is 211 g/mol. The fraction of sp³-hybridized carbons (Fsp3) is 0.700. The Balaban J connectivity index is 2.03. The van der Waals surface area contributed by atoms with E-state index in [-0.39, 0.29) is 0 Å². The molecule has 0 saturated carbocycles. The number of piperazine rings is 1. The highest BCUT2D eigenvalue weighted by Crippen LogP contribution is 2.24. The Bertz CT molecular complexity index is 291. The zero-order valence-corrected chi connectivity index (χ0v) is 9.60. The van der Waals surface area contributed by atoms with Crippen LogP contribution in [0.3, 0.4) is 0 Å². The van der Waals surface area contributed by atoms with Crippen LogP contribution in [-0.4, -0.2) is 36.1 Å². The molecular formula is C10H17N3S. The van der Waals surface area contributed by atoms with Crippen LogP contribution in [0.15, 0.2) is 6.20 Å². The largest absolute Gasteiger partial charge is 0.314 e. The van der Waals surface area contributed by atoms with Crippen molar-refractivity contribution >= 4 is 11.3 Å². The summed E-state index contributed by atoms with van der Waals surface area (Å²) in [6.07, 6.45) is 1.97. The van der Waals surface area contributed by atoms with Gasteiger partial charge in [0.25, 0.3) is 0 Å². The van der Waals surface area contributed by atoms with E-state index in [1.54, 1.807) is 0 Å². The molecule has 0 aromatic carbocycles. The van der Waals surface area contributed by atoms with Crippen molar-refractivity contribution in [1.82, 2.24) is 15.2 Å². The summed E-state index contributed by atoms with van der Waals surface area (Å²) < 4.78 is 0. The van der Waals surface area contributed by atoms with E-state index in [1.807, 2.05) is 17.5 Å². The molecule has 1 aromatic rings. The van der Waals surface area contributed by atoms with E-state index >= 15 is 0 Å². The number of nitrogens with zero attached hydrogens (tertiary/aromatic N) is 2. The smallest absolute Gasteiger partial charge is 0.110 e. The van der Waals surface area contributed by atoms with Gasteiger partial charge in [0.15, 0.2) is 0 Å². The first-order valence-corrected chi connectivity index (χ1v) is 5.96. The summed E-state index contributed by atoms with van der Waals surface area (Å²) in [7, 11) is 0. The van der Waals surface area contributed by atoms with Gasteiger partial charge in [-0.25, -0.2) is 4.98 Å². The van der Waals surface area contributed by atoms with E-state index < -0.39 is 0 Å². The van der Waals surface area contributed by atoms with Gasteiger partial charge in [-0.2, -0.15) is 0 Å². The number of aromatic nitrogens is 1. The first-order valence-electron chi connectivity index (χ1n) is 5.14. The molecule has 78 valence electrons. The maximum Gasteiger partial charge on any atom is 0.110 e. The molecule has 1 aliphatic rings. The van der Waals surface area contributed by atoms with E-state index in [2.05, 4.69) is 29.0 Å². The second-order valence-corrected chi connectivity index (χ2v) is 5.04. The highest BCUT2D eigenvalue weighted by atomic mass is 32.1. The molecule has 1 fully saturated rings. The molecule has 0 aliphatic carbocycles. The summed E-state index contributed by atoms with van der Waals surface area (Å²) in [5, 5.41) is 4.62. The van der Waals surface area contributed by atoms with Gasteiger partial charge in [-0.3, -0.25) is 4.90 Å². The van der Waals surface area contributed by atoms with Crippen molar-refractivity contribution in [2.24, 2.45) is 0 Å². The molecule has 2 rings (SSSR count). The first kappa shape index (κ1) is 10.1. The van der Waals surface area contributed by atoms with E-state index in [1.165, 1.54) is 9.88 Å². The predicted octanol–water partition coefficient (Wildman–Crippen LogP) is 1.42. The van der Waals surface area contributed by atoms with Crippen LogP contribution in [0.4, 0.5) is 0 Å². The van der Waals surface area contributed by atoms with E-state index in [4.69, 9.17) is 0 Å². The molecule has 1 saturated heterocycles. The van der Waals surface area contributed by atoms with E-state index in [9.17, 15) is 0 Å².